The van der Waals surface area contributed by atoms with Crippen molar-refractivity contribution in [2.45, 2.75) is 35.6 Å². The first-order valence-corrected chi connectivity index (χ1v) is 8.86. The second-order valence-electron chi connectivity index (χ2n) is 4.43. The first-order valence-electron chi connectivity index (χ1n) is 5.74. The van der Waals surface area contributed by atoms with Crippen LogP contribution < -0.4 is 5.32 Å². The number of ether oxygens (including phenoxy) is 1. The van der Waals surface area contributed by atoms with E-state index in [-0.39, 0.29) is 28.7 Å². The molecule has 106 valence electrons. The first-order chi connectivity index (χ1) is 8.88. The molecule has 19 heavy (non-hydrogen) atoms. The fraction of sp³-hybridized carbons (Fsp3) is 0.545. The van der Waals surface area contributed by atoms with E-state index in [0.717, 1.165) is 24.2 Å². The molecule has 0 spiro atoms. The Morgan fingerprint density at radius 2 is 2.21 bits per heavy atom. The molecule has 1 aliphatic carbocycles. The highest BCUT2D eigenvalue weighted by Gasteiger charge is 2.30. The smallest absolute Gasteiger partial charge is 0.270 e. The Hall–Kier alpha value is -0.630. The molecule has 1 aliphatic rings. The summed E-state index contributed by atoms with van der Waals surface area (Å²) < 4.78 is 27.4. The summed E-state index contributed by atoms with van der Waals surface area (Å²) in [5, 5.41) is 2.88. The Kier molecular flexibility index (Phi) is 4.50. The van der Waals surface area contributed by atoms with Gasteiger partial charge in [0.2, 0.25) is 5.91 Å². The predicted molar refractivity (Wildman–Crippen MR) is 73.0 cm³/mol. The molecule has 0 bridgehead atoms. The summed E-state index contributed by atoms with van der Waals surface area (Å²) in [4.78, 5) is 12.4. The number of halogens is 1. The predicted octanol–water partition coefficient (Wildman–Crippen LogP) is 1.51. The van der Waals surface area contributed by atoms with Crippen molar-refractivity contribution in [1.82, 2.24) is 5.32 Å². The lowest BCUT2D eigenvalue weighted by Gasteiger charge is -2.34. The number of carbonyl (C=O) groups excluding carboxylic acids is 1. The van der Waals surface area contributed by atoms with E-state index in [1.807, 2.05) is 0 Å². The zero-order valence-electron chi connectivity index (χ0n) is 10.3. The van der Waals surface area contributed by atoms with E-state index in [2.05, 4.69) is 5.32 Å². The minimum absolute atomic E-state index is 0.0695. The molecule has 1 aromatic rings. The lowest BCUT2D eigenvalue weighted by Crippen LogP contribution is -2.47. The van der Waals surface area contributed by atoms with Gasteiger partial charge in [0.05, 0.1) is 12.5 Å². The van der Waals surface area contributed by atoms with Gasteiger partial charge in [-0.25, -0.2) is 8.42 Å². The molecule has 0 aromatic carbocycles. The number of amides is 1. The van der Waals surface area contributed by atoms with Gasteiger partial charge in [-0.3, -0.25) is 4.79 Å². The maximum absolute atomic E-state index is 11.7. The Morgan fingerprint density at radius 1 is 1.53 bits per heavy atom. The molecule has 8 heteroatoms. The molecule has 1 N–H and O–H groups in total. The normalized spacial score (nSPS) is 22.8. The average molecular weight is 324 g/mol. The maximum atomic E-state index is 11.7. The molecule has 1 aromatic heterocycles. The van der Waals surface area contributed by atoms with E-state index in [1.165, 1.54) is 6.07 Å². The van der Waals surface area contributed by atoms with Crippen LogP contribution in [0.3, 0.4) is 0 Å². The molecule has 0 radical (unpaired) electrons. The van der Waals surface area contributed by atoms with Gasteiger partial charge in [0, 0.05) is 28.7 Å². The second kappa shape index (κ2) is 5.78. The number of methoxy groups -OCH3 is 1. The molecule has 1 saturated carbocycles. The Morgan fingerprint density at radius 3 is 2.74 bits per heavy atom. The SMILES string of the molecule is COC1CC(NC(=O)Cc2ccc(S(=O)(=O)Cl)s2)C1. The molecule has 2 rings (SSSR count). The lowest BCUT2D eigenvalue weighted by molar-refractivity contribution is -0.122. The number of rotatable bonds is 5. The van der Waals surface area contributed by atoms with Crippen LogP contribution in [-0.4, -0.2) is 33.6 Å². The van der Waals surface area contributed by atoms with E-state index >= 15 is 0 Å². The third kappa shape index (κ3) is 3.92. The molecule has 5 nitrogen and oxygen atoms in total. The zero-order chi connectivity index (χ0) is 14.0. The van der Waals surface area contributed by atoms with Gasteiger partial charge < -0.3 is 10.1 Å². The Labute approximate surface area is 120 Å². The van der Waals surface area contributed by atoms with Crippen molar-refractivity contribution in [3.8, 4) is 0 Å². The van der Waals surface area contributed by atoms with Crippen molar-refractivity contribution >= 4 is 37.0 Å². The van der Waals surface area contributed by atoms with Gasteiger partial charge in [0.1, 0.15) is 4.21 Å². The van der Waals surface area contributed by atoms with E-state index in [1.54, 1.807) is 13.2 Å². The standard InChI is InChI=1S/C11H14ClNO4S2/c1-17-8-4-7(5-8)13-10(14)6-9-2-3-11(18-9)19(12,15)16/h2-3,7-8H,4-6H2,1H3,(H,13,14). The molecule has 0 saturated heterocycles. The van der Waals surface area contributed by atoms with Crippen LogP contribution in [0, 0.1) is 0 Å². The van der Waals surface area contributed by atoms with Gasteiger partial charge in [0.25, 0.3) is 9.05 Å². The Bertz CT molecular complexity index is 563. The van der Waals surface area contributed by atoms with Crippen LogP contribution >= 0.6 is 22.0 Å². The lowest BCUT2D eigenvalue weighted by atomic mass is 9.89. The maximum Gasteiger partial charge on any atom is 0.270 e. The van der Waals surface area contributed by atoms with E-state index < -0.39 is 9.05 Å². The quantitative estimate of drug-likeness (QED) is 0.834. The number of thiophene rings is 1. The van der Waals surface area contributed by atoms with Crippen LogP contribution in [0.2, 0.25) is 0 Å². The van der Waals surface area contributed by atoms with E-state index in [9.17, 15) is 13.2 Å². The van der Waals surface area contributed by atoms with Crippen molar-refractivity contribution in [3.05, 3.63) is 17.0 Å². The average Bonchev–Trinajstić information content (AvgIpc) is 2.70. The van der Waals surface area contributed by atoms with E-state index in [0.29, 0.717) is 4.88 Å². The van der Waals surface area contributed by atoms with Gasteiger partial charge in [-0.05, 0) is 25.0 Å². The van der Waals surface area contributed by atoms with Crippen LogP contribution in [0.1, 0.15) is 17.7 Å². The molecular formula is C11H14ClNO4S2. The van der Waals surface area contributed by atoms with Gasteiger partial charge in [-0.15, -0.1) is 11.3 Å². The summed E-state index contributed by atoms with van der Waals surface area (Å²) >= 11 is 1.02. The first kappa shape index (κ1) is 14.8. The van der Waals surface area contributed by atoms with Crippen molar-refractivity contribution in [2.24, 2.45) is 0 Å². The number of carbonyl (C=O) groups is 1. The molecule has 0 aliphatic heterocycles. The second-order valence-corrected chi connectivity index (χ2v) is 8.39. The van der Waals surface area contributed by atoms with Crippen molar-refractivity contribution in [3.63, 3.8) is 0 Å². The summed E-state index contributed by atoms with van der Waals surface area (Å²) in [6.45, 7) is 0. The highest BCUT2D eigenvalue weighted by molar-refractivity contribution is 8.15. The fourth-order valence-corrected chi connectivity index (χ4v) is 4.02. The topological polar surface area (TPSA) is 72.5 Å². The molecule has 0 unspecified atom stereocenters. The molecular weight excluding hydrogens is 310 g/mol. The molecule has 1 amide bonds. The third-order valence-corrected chi connectivity index (χ3v) is 6.18. The third-order valence-electron chi connectivity index (χ3n) is 3.01. The van der Waals surface area contributed by atoms with Crippen LogP contribution in [-0.2, 0) is 25.0 Å². The number of hydrogen-bond donors (Lipinski definition) is 1. The minimum atomic E-state index is -3.70. The monoisotopic (exact) mass is 323 g/mol. The largest absolute Gasteiger partial charge is 0.381 e. The minimum Gasteiger partial charge on any atom is -0.381 e. The van der Waals surface area contributed by atoms with Crippen LogP contribution in [0.5, 0.6) is 0 Å². The van der Waals surface area contributed by atoms with Gasteiger partial charge in [0.15, 0.2) is 0 Å². The Balaban J connectivity index is 1.84. The van der Waals surface area contributed by atoms with E-state index in [4.69, 9.17) is 15.4 Å². The van der Waals surface area contributed by atoms with Crippen LogP contribution in [0.4, 0.5) is 0 Å². The zero-order valence-corrected chi connectivity index (χ0v) is 12.6. The van der Waals surface area contributed by atoms with Crippen LogP contribution in [0.25, 0.3) is 0 Å². The molecule has 0 atom stereocenters. The highest BCUT2D eigenvalue weighted by atomic mass is 35.7. The number of hydrogen-bond acceptors (Lipinski definition) is 5. The summed E-state index contributed by atoms with van der Waals surface area (Å²) in [5.74, 6) is -0.111. The van der Waals surface area contributed by atoms with Crippen molar-refractivity contribution in [1.29, 1.82) is 0 Å². The van der Waals surface area contributed by atoms with Crippen LogP contribution in [0.15, 0.2) is 16.3 Å². The van der Waals surface area contributed by atoms with Gasteiger partial charge in [-0.1, -0.05) is 0 Å². The van der Waals surface area contributed by atoms with Gasteiger partial charge >= 0.3 is 0 Å². The summed E-state index contributed by atoms with van der Waals surface area (Å²) in [6.07, 6.45) is 2.06. The van der Waals surface area contributed by atoms with Gasteiger partial charge in [-0.2, -0.15) is 0 Å². The number of nitrogens with one attached hydrogen (secondary N) is 1. The van der Waals surface area contributed by atoms with Crippen molar-refractivity contribution < 1.29 is 17.9 Å². The summed E-state index contributed by atoms with van der Waals surface area (Å²) in [5.41, 5.74) is 0. The fourth-order valence-electron chi connectivity index (χ4n) is 1.90. The summed E-state index contributed by atoms with van der Waals surface area (Å²) in [7, 11) is 3.18. The highest BCUT2D eigenvalue weighted by Crippen LogP contribution is 2.26. The molecule has 1 fully saturated rings. The molecule has 1 heterocycles. The summed E-state index contributed by atoms with van der Waals surface area (Å²) in [6, 6.07) is 3.19. The van der Waals surface area contributed by atoms with Crippen molar-refractivity contribution in [2.75, 3.05) is 7.11 Å².